The van der Waals surface area contributed by atoms with Gasteiger partial charge in [0, 0.05) is 30.0 Å². The largest absolute Gasteiger partial charge is 0.497 e. The first-order valence-corrected chi connectivity index (χ1v) is 6.58. The lowest BCUT2D eigenvalue weighted by molar-refractivity contribution is -0.111. The maximum atomic E-state index is 12.8. The Morgan fingerprint density at radius 3 is 2.18 bits per heavy atom. The molecular weight excluding hydrogens is 285 g/mol. The van der Waals surface area contributed by atoms with Crippen LogP contribution < -0.4 is 14.8 Å². The summed E-state index contributed by atoms with van der Waals surface area (Å²) in [5.74, 6) is 0.541. The van der Waals surface area contributed by atoms with Crippen LogP contribution in [-0.4, -0.2) is 20.1 Å². The molecule has 2 aromatic rings. The van der Waals surface area contributed by atoms with Gasteiger partial charge >= 0.3 is 0 Å². The van der Waals surface area contributed by atoms with Gasteiger partial charge in [-0.1, -0.05) is 12.1 Å². The fourth-order valence-corrected chi connectivity index (χ4v) is 1.81. The Labute approximate surface area is 128 Å². The standard InChI is InChI=1S/C17H16FNO3/c1-21-15-9-14(10-16(11-15)22-2)19-17(20)8-5-12-3-6-13(18)7-4-12/h3-11H,1-2H3,(H,19,20). The number of hydrogen-bond donors (Lipinski definition) is 1. The maximum absolute atomic E-state index is 12.8. The van der Waals surface area contributed by atoms with E-state index in [-0.39, 0.29) is 11.7 Å². The number of amides is 1. The monoisotopic (exact) mass is 301 g/mol. The minimum absolute atomic E-state index is 0.306. The van der Waals surface area contributed by atoms with E-state index in [9.17, 15) is 9.18 Å². The van der Waals surface area contributed by atoms with E-state index >= 15 is 0 Å². The summed E-state index contributed by atoms with van der Waals surface area (Å²) in [5, 5.41) is 2.71. The van der Waals surface area contributed by atoms with Crippen molar-refractivity contribution in [3.05, 3.63) is 59.9 Å². The molecule has 114 valence electrons. The Kier molecular flexibility index (Phi) is 5.14. The van der Waals surface area contributed by atoms with Gasteiger partial charge in [-0.2, -0.15) is 0 Å². The predicted molar refractivity (Wildman–Crippen MR) is 83.6 cm³/mol. The van der Waals surface area contributed by atoms with Crippen molar-refractivity contribution >= 4 is 17.7 Å². The highest BCUT2D eigenvalue weighted by Gasteiger charge is 2.04. The Balaban J connectivity index is 2.06. The summed E-state index contributed by atoms with van der Waals surface area (Å²) in [7, 11) is 3.07. The first-order chi connectivity index (χ1) is 10.6. The molecule has 0 aliphatic heterocycles. The van der Waals surface area contributed by atoms with Gasteiger partial charge in [0.15, 0.2) is 0 Å². The van der Waals surface area contributed by atoms with Gasteiger partial charge < -0.3 is 14.8 Å². The summed E-state index contributed by atoms with van der Waals surface area (Å²) in [6.07, 6.45) is 2.98. The summed E-state index contributed by atoms with van der Waals surface area (Å²) in [6, 6.07) is 10.9. The number of rotatable bonds is 5. The zero-order chi connectivity index (χ0) is 15.9. The molecule has 22 heavy (non-hydrogen) atoms. The second-order valence-corrected chi connectivity index (χ2v) is 4.48. The molecular formula is C17H16FNO3. The molecule has 0 heterocycles. The summed E-state index contributed by atoms with van der Waals surface area (Å²) < 4.78 is 23.1. The Hall–Kier alpha value is -2.82. The van der Waals surface area contributed by atoms with Gasteiger partial charge in [0.2, 0.25) is 5.91 Å². The molecule has 0 aromatic heterocycles. The number of halogens is 1. The Bertz CT molecular complexity index is 659. The van der Waals surface area contributed by atoms with Crippen LogP contribution in [0.5, 0.6) is 11.5 Å². The molecule has 0 atom stereocenters. The highest BCUT2D eigenvalue weighted by Crippen LogP contribution is 2.25. The lowest BCUT2D eigenvalue weighted by Crippen LogP contribution is -2.08. The van der Waals surface area contributed by atoms with E-state index in [1.165, 1.54) is 32.4 Å². The van der Waals surface area contributed by atoms with Crippen molar-refractivity contribution in [3.8, 4) is 11.5 Å². The molecule has 1 amide bonds. The number of hydrogen-bond acceptors (Lipinski definition) is 3. The first kappa shape index (κ1) is 15.6. The average molecular weight is 301 g/mol. The van der Waals surface area contributed by atoms with E-state index in [0.29, 0.717) is 17.2 Å². The SMILES string of the molecule is COc1cc(NC(=O)C=Cc2ccc(F)cc2)cc(OC)c1. The smallest absolute Gasteiger partial charge is 0.248 e. The summed E-state index contributed by atoms with van der Waals surface area (Å²) in [6.45, 7) is 0. The van der Waals surface area contributed by atoms with Crippen LogP contribution in [0.1, 0.15) is 5.56 Å². The van der Waals surface area contributed by atoms with Crippen LogP contribution in [0.15, 0.2) is 48.5 Å². The van der Waals surface area contributed by atoms with Gasteiger partial charge in [-0.05, 0) is 23.8 Å². The summed E-state index contributed by atoms with van der Waals surface area (Å²) in [4.78, 5) is 11.9. The number of methoxy groups -OCH3 is 2. The molecule has 0 spiro atoms. The van der Waals surface area contributed by atoms with E-state index < -0.39 is 0 Å². The average Bonchev–Trinajstić information content (AvgIpc) is 2.54. The fraction of sp³-hybridized carbons (Fsp3) is 0.118. The van der Waals surface area contributed by atoms with Crippen molar-refractivity contribution in [2.45, 2.75) is 0 Å². The predicted octanol–water partition coefficient (Wildman–Crippen LogP) is 3.49. The molecule has 0 fully saturated rings. The summed E-state index contributed by atoms with van der Waals surface area (Å²) >= 11 is 0. The number of ether oxygens (including phenoxy) is 2. The minimum atomic E-state index is -0.315. The fourth-order valence-electron chi connectivity index (χ4n) is 1.81. The minimum Gasteiger partial charge on any atom is -0.497 e. The molecule has 0 aliphatic carbocycles. The van der Waals surface area contributed by atoms with E-state index in [2.05, 4.69) is 5.32 Å². The second kappa shape index (κ2) is 7.26. The van der Waals surface area contributed by atoms with Crippen molar-refractivity contribution in [3.63, 3.8) is 0 Å². The third-order valence-corrected chi connectivity index (χ3v) is 2.92. The third-order valence-electron chi connectivity index (χ3n) is 2.92. The van der Waals surface area contributed by atoms with Gasteiger partial charge in [-0.15, -0.1) is 0 Å². The first-order valence-electron chi connectivity index (χ1n) is 6.58. The topological polar surface area (TPSA) is 47.6 Å². The number of benzene rings is 2. The lowest BCUT2D eigenvalue weighted by atomic mass is 10.2. The van der Waals surface area contributed by atoms with Crippen LogP contribution in [0.25, 0.3) is 6.08 Å². The molecule has 0 bridgehead atoms. The molecule has 0 unspecified atom stereocenters. The Morgan fingerprint density at radius 1 is 1.05 bits per heavy atom. The molecule has 0 saturated heterocycles. The highest BCUT2D eigenvalue weighted by molar-refractivity contribution is 6.02. The van der Waals surface area contributed by atoms with Crippen molar-refractivity contribution in [1.82, 2.24) is 0 Å². The van der Waals surface area contributed by atoms with Crippen LogP contribution >= 0.6 is 0 Å². The maximum Gasteiger partial charge on any atom is 0.248 e. The van der Waals surface area contributed by atoms with Crippen molar-refractivity contribution in [1.29, 1.82) is 0 Å². The van der Waals surface area contributed by atoms with E-state index in [0.717, 1.165) is 5.56 Å². The van der Waals surface area contributed by atoms with Gasteiger partial charge in [0.1, 0.15) is 17.3 Å². The third kappa shape index (κ3) is 4.34. The molecule has 0 radical (unpaired) electrons. The molecule has 2 rings (SSSR count). The number of nitrogens with one attached hydrogen (secondary N) is 1. The molecule has 0 saturated carbocycles. The van der Waals surface area contributed by atoms with Gasteiger partial charge in [0.25, 0.3) is 0 Å². The van der Waals surface area contributed by atoms with Gasteiger partial charge in [-0.3, -0.25) is 4.79 Å². The molecule has 1 N–H and O–H groups in total. The quantitative estimate of drug-likeness (QED) is 0.860. The van der Waals surface area contributed by atoms with Crippen LogP contribution in [0.3, 0.4) is 0 Å². The zero-order valence-electron chi connectivity index (χ0n) is 12.3. The Morgan fingerprint density at radius 2 is 1.64 bits per heavy atom. The van der Waals surface area contributed by atoms with Crippen molar-refractivity contribution in [2.75, 3.05) is 19.5 Å². The van der Waals surface area contributed by atoms with E-state index in [4.69, 9.17) is 9.47 Å². The number of carbonyl (C=O) groups is 1. The molecule has 4 nitrogen and oxygen atoms in total. The normalized spacial score (nSPS) is 10.5. The molecule has 5 heteroatoms. The zero-order valence-corrected chi connectivity index (χ0v) is 12.3. The summed E-state index contributed by atoms with van der Waals surface area (Å²) in [5.41, 5.74) is 1.30. The highest BCUT2D eigenvalue weighted by atomic mass is 19.1. The number of carbonyl (C=O) groups excluding carboxylic acids is 1. The van der Waals surface area contributed by atoms with Gasteiger partial charge in [0.05, 0.1) is 14.2 Å². The van der Waals surface area contributed by atoms with E-state index in [1.54, 1.807) is 36.4 Å². The lowest BCUT2D eigenvalue weighted by Gasteiger charge is -2.08. The molecule has 0 aliphatic rings. The second-order valence-electron chi connectivity index (χ2n) is 4.48. The van der Waals surface area contributed by atoms with Crippen LogP contribution in [0.2, 0.25) is 0 Å². The van der Waals surface area contributed by atoms with Crippen LogP contribution in [0.4, 0.5) is 10.1 Å². The number of anilines is 1. The van der Waals surface area contributed by atoms with E-state index in [1.807, 2.05) is 0 Å². The van der Waals surface area contributed by atoms with Crippen molar-refractivity contribution < 1.29 is 18.7 Å². The van der Waals surface area contributed by atoms with Gasteiger partial charge in [-0.25, -0.2) is 4.39 Å². The van der Waals surface area contributed by atoms with Crippen molar-refractivity contribution in [2.24, 2.45) is 0 Å². The van der Waals surface area contributed by atoms with Crippen LogP contribution in [0, 0.1) is 5.82 Å². The van der Waals surface area contributed by atoms with Crippen LogP contribution in [-0.2, 0) is 4.79 Å². The molecule has 2 aromatic carbocycles.